The molecule has 0 saturated heterocycles. The number of ether oxygens (including phenoxy) is 2. The molecule has 0 bridgehead atoms. The molecule has 0 aliphatic rings. The normalized spacial score (nSPS) is 11.7. The summed E-state index contributed by atoms with van der Waals surface area (Å²) in [5.41, 5.74) is 3.72. The van der Waals surface area contributed by atoms with E-state index in [4.69, 9.17) is 9.47 Å². The molecule has 0 spiro atoms. The number of anilines is 1. The Bertz CT molecular complexity index is 1380. The number of nitrogens with zero attached hydrogens (tertiary/aromatic N) is 2. The lowest BCUT2D eigenvalue weighted by atomic mass is 10.1. The maximum absolute atomic E-state index is 13.2. The summed E-state index contributed by atoms with van der Waals surface area (Å²) in [6, 6.07) is 23.1. The van der Waals surface area contributed by atoms with Gasteiger partial charge in [-0.15, -0.1) is 0 Å². The van der Waals surface area contributed by atoms with Crippen LogP contribution >= 0.6 is 0 Å². The molecule has 7 heteroatoms. The standard InChI is InChI=1S/C30H33N3O4/c1-5-32(6-2)30(35)37-27-16-15-26-25(17-18-33(26)20-23-12-10-11-21(3)19-23)28(27)31-29(34)22(4)36-24-13-8-7-9-14-24/h7-19,22H,5-6,20H2,1-4H3,(H,31,34). The third-order valence-electron chi connectivity index (χ3n) is 6.24. The fraction of sp³-hybridized carbons (Fsp3) is 0.267. The first-order valence-electron chi connectivity index (χ1n) is 12.6. The monoisotopic (exact) mass is 499 g/mol. The zero-order chi connectivity index (χ0) is 26.4. The lowest BCUT2D eigenvalue weighted by Gasteiger charge is -2.21. The zero-order valence-corrected chi connectivity index (χ0v) is 21.7. The number of carbonyl (C=O) groups excluding carboxylic acids is 2. The van der Waals surface area contributed by atoms with E-state index in [-0.39, 0.29) is 11.7 Å². The predicted molar refractivity (Wildman–Crippen MR) is 146 cm³/mol. The van der Waals surface area contributed by atoms with Gasteiger partial charge in [0, 0.05) is 31.2 Å². The van der Waals surface area contributed by atoms with Gasteiger partial charge in [-0.2, -0.15) is 0 Å². The SMILES string of the molecule is CCN(CC)C(=O)Oc1ccc2c(ccn2Cc2cccc(C)c2)c1NC(=O)C(C)Oc1ccccc1. The smallest absolute Gasteiger partial charge is 0.415 e. The van der Waals surface area contributed by atoms with Gasteiger partial charge < -0.3 is 24.3 Å². The first-order valence-corrected chi connectivity index (χ1v) is 12.6. The maximum atomic E-state index is 13.2. The van der Waals surface area contributed by atoms with Crippen molar-refractivity contribution < 1.29 is 19.1 Å². The van der Waals surface area contributed by atoms with Crippen LogP contribution in [0, 0.1) is 6.92 Å². The molecular formula is C30H33N3O4. The molecule has 2 amide bonds. The van der Waals surface area contributed by atoms with E-state index in [0.717, 1.165) is 10.9 Å². The maximum Gasteiger partial charge on any atom is 0.415 e. The summed E-state index contributed by atoms with van der Waals surface area (Å²) < 4.78 is 13.7. The molecule has 1 atom stereocenters. The van der Waals surface area contributed by atoms with Gasteiger partial charge >= 0.3 is 6.09 Å². The summed E-state index contributed by atoms with van der Waals surface area (Å²) in [5.74, 6) is 0.543. The molecule has 4 aromatic rings. The van der Waals surface area contributed by atoms with E-state index in [0.29, 0.717) is 31.1 Å². The average Bonchev–Trinajstić information content (AvgIpc) is 3.29. The molecule has 0 fully saturated rings. The van der Waals surface area contributed by atoms with Crippen molar-refractivity contribution >= 4 is 28.6 Å². The Labute approximate surface area is 217 Å². The Kier molecular flexibility index (Phi) is 8.13. The second-order valence-corrected chi connectivity index (χ2v) is 8.91. The molecule has 0 aliphatic carbocycles. The number of aryl methyl sites for hydroxylation is 1. The Hall–Kier alpha value is -4.26. The van der Waals surface area contributed by atoms with Gasteiger partial charge in [0.2, 0.25) is 0 Å². The molecule has 3 aromatic carbocycles. The molecule has 37 heavy (non-hydrogen) atoms. The van der Waals surface area contributed by atoms with Crippen LogP contribution in [0.4, 0.5) is 10.5 Å². The molecule has 1 heterocycles. The summed E-state index contributed by atoms with van der Waals surface area (Å²) in [6.07, 6.45) is 0.744. The number of hydrogen-bond acceptors (Lipinski definition) is 4. The van der Waals surface area contributed by atoms with Gasteiger partial charge in [-0.05, 0) is 63.6 Å². The zero-order valence-electron chi connectivity index (χ0n) is 21.7. The van der Waals surface area contributed by atoms with Crippen molar-refractivity contribution in [3.63, 3.8) is 0 Å². The van der Waals surface area contributed by atoms with Gasteiger partial charge in [-0.3, -0.25) is 4.79 Å². The molecule has 0 saturated carbocycles. The lowest BCUT2D eigenvalue weighted by molar-refractivity contribution is -0.122. The van der Waals surface area contributed by atoms with E-state index in [2.05, 4.69) is 35.0 Å². The van der Waals surface area contributed by atoms with Gasteiger partial charge in [-0.1, -0.05) is 48.0 Å². The molecular weight excluding hydrogens is 466 g/mol. The van der Waals surface area contributed by atoms with Crippen LogP contribution in [0.5, 0.6) is 11.5 Å². The summed E-state index contributed by atoms with van der Waals surface area (Å²) in [6.45, 7) is 9.26. The number of hydrogen-bond donors (Lipinski definition) is 1. The topological polar surface area (TPSA) is 72.8 Å². The van der Waals surface area contributed by atoms with Crippen LogP contribution in [0.3, 0.4) is 0 Å². The largest absolute Gasteiger partial charge is 0.481 e. The number of benzene rings is 3. The molecule has 0 aliphatic heterocycles. The van der Waals surface area contributed by atoms with Crippen molar-refractivity contribution in [2.45, 2.75) is 40.3 Å². The fourth-order valence-electron chi connectivity index (χ4n) is 4.23. The van der Waals surface area contributed by atoms with Gasteiger partial charge in [0.05, 0.1) is 11.2 Å². The molecule has 7 nitrogen and oxygen atoms in total. The number of fused-ring (bicyclic) bond motifs is 1. The highest BCUT2D eigenvalue weighted by Gasteiger charge is 2.22. The minimum absolute atomic E-state index is 0.290. The number of rotatable bonds is 9. The highest BCUT2D eigenvalue weighted by atomic mass is 16.6. The van der Waals surface area contributed by atoms with E-state index >= 15 is 0 Å². The first-order chi connectivity index (χ1) is 17.9. The summed E-state index contributed by atoms with van der Waals surface area (Å²) >= 11 is 0. The lowest BCUT2D eigenvalue weighted by Crippen LogP contribution is -2.34. The van der Waals surface area contributed by atoms with Crippen molar-refractivity contribution in [2.24, 2.45) is 0 Å². The van der Waals surface area contributed by atoms with Crippen molar-refractivity contribution in [1.82, 2.24) is 9.47 Å². The van der Waals surface area contributed by atoms with Gasteiger partial charge in [-0.25, -0.2) is 4.79 Å². The van der Waals surface area contributed by atoms with Crippen LogP contribution in [0.25, 0.3) is 10.9 Å². The minimum Gasteiger partial charge on any atom is -0.481 e. The summed E-state index contributed by atoms with van der Waals surface area (Å²) in [5, 5.41) is 3.74. The molecule has 1 N–H and O–H groups in total. The minimum atomic E-state index is -0.765. The van der Waals surface area contributed by atoms with E-state index in [1.54, 1.807) is 30.0 Å². The number of aromatic nitrogens is 1. The second kappa shape index (κ2) is 11.6. The van der Waals surface area contributed by atoms with Crippen LogP contribution in [-0.2, 0) is 11.3 Å². The number of carbonyl (C=O) groups is 2. The van der Waals surface area contributed by atoms with Crippen LogP contribution < -0.4 is 14.8 Å². The van der Waals surface area contributed by atoms with E-state index in [1.807, 2.05) is 56.4 Å². The first kappa shape index (κ1) is 25.8. The Morgan fingerprint density at radius 2 is 1.73 bits per heavy atom. The highest BCUT2D eigenvalue weighted by Crippen LogP contribution is 2.35. The van der Waals surface area contributed by atoms with Gasteiger partial charge in [0.25, 0.3) is 5.91 Å². The number of nitrogens with one attached hydrogen (secondary N) is 1. The Morgan fingerprint density at radius 1 is 0.973 bits per heavy atom. The third kappa shape index (κ3) is 6.12. The predicted octanol–water partition coefficient (Wildman–Crippen LogP) is 6.24. The average molecular weight is 500 g/mol. The van der Waals surface area contributed by atoms with Crippen LogP contribution in [0.15, 0.2) is 79.0 Å². The molecule has 4 rings (SSSR count). The summed E-state index contributed by atoms with van der Waals surface area (Å²) in [4.78, 5) is 27.5. The van der Waals surface area contributed by atoms with Gasteiger partial charge in [0.15, 0.2) is 11.9 Å². The van der Waals surface area contributed by atoms with Crippen molar-refractivity contribution in [3.8, 4) is 11.5 Å². The fourth-order valence-corrected chi connectivity index (χ4v) is 4.23. The Balaban J connectivity index is 1.67. The van der Waals surface area contributed by atoms with Crippen molar-refractivity contribution in [2.75, 3.05) is 18.4 Å². The van der Waals surface area contributed by atoms with E-state index in [1.165, 1.54) is 11.1 Å². The van der Waals surface area contributed by atoms with Crippen LogP contribution in [0.1, 0.15) is 31.9 Å². The van der Waals surface area contributed by atoms with Crippen molar-refractivity contribution in [3.05, 3.63) is 90.1 Å². The molecule has 1 unspecified atom stereocenters. The summed E-state index contributed by atoms with van der Waals surface area (Å²) in [7, 11) is 0. The molecule has 0 radical (unpaired) electrons. The quantitative estimate of drug-likeness (QED) is 0.296. The third-order valence-corrected chi connectivity index (χ3v) is 6.24. The Morgan fingerprint density at radius 3 is 2.43 bits per heavy atom. The van der Waals surface area contributed by atoms with E-state index < -0.39 is 12.2 Å². The van der Waals surface area contributed by atoms with Crippen molar-refractivity contribution in [1.29, 1.82) is 0 Å². The molecule has 192 valence electrons. The van der Waals surface area contributed by atoms with Crippen LogP contribution in [-0.4, -0.2) is 40.7 Å². The molecule has 1 aromatic heterocycles. The highest BCUT2D eigenvalue weighted by molar-refractivity contribution is 6.06. The second-order valence-electron chi connectivity index (χ2n) is 8.91. The van der Waals surface area contributed by atoms with E-state index in [9.17, 15) is 9.59 Å². The number of para-hydroxylation sites is 1. The van der Waals surface area contributed by atoms with Gasteiger partial charge in [0.1, 0.15) is 5.75 Å². The van der Waals surface area contributed by atoms with Crippen LogP contribution in [0.2, 0.25) is 0 Å². The number of amides is 2.